The second kappa shape index (κ2) is 4.65. The molecule has 1 aromatic heterocycles. The summed E-state index contributed by atoms with van der Waals surface area (Å²) in [7, 11) is 0. The van der Waals surface area contributed by atoms with E-state index in [4.69, 9.17) is 5.73 Å². The number of carbonyl (C=O) groups excluding carboxylic acids is 1. The van der Waals surface area contributed by atoms with Crippen LogP contribution in [0.5, 0.6) is 0 Å². The zero-order valence-corrected chi connectivity index (χ0v) is 10.3. The summed E-state index contributed by atoms with van der Waals surface area (Å²) in [6.45, 7) is 8.01. The van der Waals surface area contributed by atoms with E-state index in [-0.39, 0.29) is 11.9 Å². The van der Waals surface area contributed by atoms with E-state index in [1.807, 2.05) is 33.9 Å². The Labute approximate surface area is 96.0 Å². The Morgan fingerprint density at radius 1 is 1.62 bits per heavy atom. The van der Waals surface area contributed by atoms with E-state index >= 15 is 0 Å². The van der Waals surface area contributed by atoms with E-state index in [2.05, 4.69) is 10.4 Å². The first-order chi connectivity index (χ1) is 7.36. The van der Waals surface area contributed by atoms with Gasteiger partial charge in [0.15, 0.2) is 0 Å². The molecule has 0 saturated carbocycles. The fraction of sp³-hybridized carbons (Fsp3) is 0.636. The summed E-state index contributed by atoms with van der Waals surface area (Å²) >= 11 is 0. The second-order valence-electron chi connectivity index (χ2n) is 4.84. The van der Waals surface area contributed by atoms with Crippen molar-refractivity contribution in [1.82, 2.24) is 9.78 Å². The zero-order valence-electron chi connectivity index (χ0n) is 10.3. The summed E-state index contributed by atoms with van der Waals surface area (Å²) in [6, 6.07) is 0.285. The molecule has 16 heavy (non-hydrogen) atoms. The van der Waals surface area contributed by atoms with Crippen molar-refractivity contribution in [1.29, 1.82) is 0 Å². The first kappa shape index (κ1) is 12.7. The van der Waals surface area contributed by atoms with Crippen LogP contribution in [0.3, 0.4) is 0 Å². The quantitative estimate of drug-likeness (QED) is 0.811. The van der Waals surface area contributed by atoms with Crippen LogP contribution in [-0.2, 0) is 4.79 Å². The van der Waals surface area contributed by atoms with E-state index in [1.54, 1.807) is 10.9 Å². The van der Waals surface area contributed by atoms with Crippen LogP contribution in [0.4, 0.5) is 5.69 Å². The lowest BCUT2D eigenvalue weighted by molar-refractivity contribution is -0.123. The molecule has 0 spiro atoms. The molecule has 0 aliphatic rings. The average molecular weight is 224 g/mol. The lowest BCUT2D eigenvalue weighted by Gasteiger charge is -2.20. The third kappa shape index (κ3) is 2.82. The van der Waals surface area contributed by atoms with E-state index in [9.17, 15) is 4.79 Å². The van der Waals surface area contributed by atoms with Gasteiger partial charge in [-0.1, -0.05) is 0 Å². The van der Waals surface area contributed by atoms with Crippen LogP contribution in [0.1, 0.15) is 33.7 Å². The van der Waals surface area contributed by atoms with Crippen LogP contribution in [0.25, 0.3) is 0 Å². The Kier molecular flexibility index (Phi) is 3.70. The van der Waals surface area contributed by atoms with Gasteiger partial charge in [0.05, 0.1) is 17.3 Å². The Hall–Kier alpha value is -1.36. The molecule has 0 bridgehead atoms. The second-order valence-corrected chi connectivity index (χ2v) is 4.84. The molecular formula is C11H20N4O. The summed E-state index contributed by atoms with van der Waals surface area (Å²) in [5.74, 6) is -0.0849. The largest absolute Gasteiger partial charge is 0.329 e. The molecule has 1 heterocycles. The highest BCUT2D eigenvalue weighted by atomic mass is 16.2. The van der Waals surface area contributed by atoms with E-state index < -0.39 is 5.41 Å². The third-order valence-electron chi connectivity index (χ3n) is 2.51. The molecule has 1 amide bonds. The molecule has 1 rings (SSSR count). The van der Waals surface area contributed by atoms with Crippen molar-refractivity contribution in [3.05, 3.63) is 12.4 Å². The lowest BCUT2D eigenvalue weighted by Crippen LogP contribution is -2.37. The van der Waals surface area contributed by atoms with Crippen molar-refractivity contribution in [2.75, 3.05) is 11.9 Å². The normalized spacial score (nSPS) is 11.9. The van der Waals surface area contributed by atoms with Crippen LogP contribution in [0.15, 0.2) is 12.4 Å². The molecule has 90 valence electrons. The summed E-state index contributed by atoms with van der Waals surface area (Å²) in [4.78, 5) is 11.8. The topological polar surface area (TPSA) is 72.9 Å². The minimum atomic E-state index is -0.556. The highest BCUT2D eigenvalue weighted by molar-refractivity contribution is 5.94. The fourth-order valence-corrected chi connectivity index (χ4v) is 1.08. The van der Waals surface area contributed by atoms with Gasteiger partial charge in [0, 0.05) is 18.8 Å². The van der Waals surface area contributed by atoms with Gasteiger partial charge in [-0.15, -0.1) is 0 Å². The van der Waals surface area contributed by atoms with Gasteiger partial charge in [-0.25, -0.2) is 0 Å². The Balaban J connectivity index is 2.70. The van der Waals surface area contributed by atoms with Crippen molar-refractivity contribution in [2.24, 2.45) is 11.1 Å². The maximum atomic E-state index is 11.8. The van der Waals surface area contributed by atoms with Crippen molar-refractivity contribution < 1.29 is 4.79 Å². The molecule has 1 aromatic rings. The molecule has 0 saturated heterocycles. The number of anilines is 1. The third-order valence-corrected chi connectivity index (χ3v) is 2.51. The minimum absolute atomic E-state index is 0.0849. The van der Waals surface area contributed by atoms with E-state index in [0.29, 0.717) is 12.2 Å². The molecule has 0 aliphatic heterocycles. The summed E-state index contributed by atoms with van der Waals surface area (Å²) in [5.41, 5.74) is 5.69. The lowest BCUT2D eigenvalue weighted by atomic mass is 9.93. The molecule has 0 aromatic carbocycles. The molecular weight excluding hydrogens is 204 g/mol. The van der Waals surface area contributed by atoms with Crippen LogP contribution < -0.4 is 11.1 Å². The van der Waals surface area contributed by atoms with Crippen LogP contribution >= 0.6 is 0 Å². The smallest absolute Gasteiger partial charge is 0.231 e. The van der Waals surface area contributed by atoms with Gasteiger partial charge >= 0.3 is 0 Å². The molecule has 0 fully saturated rings. The number of amides is 1. The number of hydrogen-bond donors (Lipinski definition) is 2. The number of rotatable bonds is 4. The van der Waals surface area contributed by atoms with Crippen LogP contribution in [0.2, 0.25) is 0 Å². The average Bonchev–Trinajstić information content (AvgIpc) is 2.66. The molecule has 5 heteroatoms. The number of carbonyl (C=O) groups is 1. The van der Waals surface area contributed by atoms with Gasteiger partial charge in [-0.05, 0) is 27.7 Å². The van der Waals surface area contributed by atoms with Gasteiger partial charge in [0.1, 0.15) is 0 Å². The fourth-order valence-electron chi connectivity index (χ4n) is 1.08. The van der Waals surface area contributed by atoms with Crippen molar-refractivity contribution >= 4 is 11.6 Å². The zero-order chi connectivity index (χ0) is 12.3. The van der Waals surface area contributed by atoms with E-state index in [0.717, 1.165) is 0 Å². The van der Waals surface area contributed by atoms with Crippen molar-refractivity contribution in [3.8, 4) is 0 Å². The number of nitrogens with zero attached hydrogens (tertiary/aromatic N) is 2. The van der Waals surface area contributed by atoms with Gasteiger partial charge in [0.25, 0.3) is 0 Å². The monoisotopic (exact) mass is 224 g/mol. The van der Waals surface area contributed by atoms with Gasteiger partial charge < -0.3 is 11.1 Å². The Bertz CT molecular complexity index is 368. The number of aromatic nitrogens is 2. The maximum absolute atomic E-state index is 11.8. The summed E-state index contributed by atoms with van der Waals surface area (Å²) < 4.78 is 1.80. The maximum Gasteiger partial charge on any atom is 0.231 e. The molecule has 0 unspecified atom stereocenters. The highest BCUT2D eigenvalue weighted by Crippen LogP contribution is 2.17. The highest BCUT2D eigenvalue weighted by Gasteiger charge is 2.26. The van der Waals surface area contributed by atoms with Crippen molar-refractivity contribution in [3.63, 3.8) is 0 Å². The molecule has 0 atom stereocenters. The standard InChI is InChI=1S/C11H20N4O/c1-8(2)15-6-9(5-13-15)14-10(16)11(3,4)7-12/h5-6,8H,7,12H2,1-4H3,(H,14,16). The molecule has 0 aliphatic carbocycles. The predicted octanol–water partition coefficient (Wildman–Crippen LogP) is 1.39. The number of hydrogen-bond acceptors (Lipinski definition) is 3. The van der Waals surface area contributed by atoms with E-state index in [1.165, 1.54) is 0 Å². The summed E-state index contributed by atoms with van der Waals surface area (Å²) in [6.07, 6.45) is 3.46. The van der Waals surface area contributed by atoms with Gasteiger partial charge in [-0.2, -0.15) is 5.10 Å². The first-order valence-electron chi connectivity index (χ1n) is 5.42. The van der Waals surface area contributed by atoms with Gasteiger partial charge in [-0.3, -0.25) is 9.48 Å². The molecule has 5 nitrogen and oxygen atoms in total. The van der Waals surface area contributed by atoms with Crippen LogP contribution in [-0.4, -0.2) is 22.2 Å². The SMILES string of the molecule is CC(C)n1cc(NC(=O)C(C)(C)CN)cn1. The minimum Gasteiger partial charge on any atom is -0.329 e. The predicted molar refractivity (Wildman–Crippen MR) is 64.1 cm³/mol. The molecule has 3 N–H and O–H groups in total. The Morgan fingerprint density at radius 3 is 2.69 bits per heavy atom. The van der Waals surface area contributed by atoms with Crippen molar-refractivity contribution in [2.45, 2.75) is 33.7 Å². The Morgan fingerprint density at radius 2 is 2.25 bits per heavy atom. The number of nitrogens with two attached hydrogens (primary N) is 1. The van der Waals surface area contributed by atoms with Crippen LogP contribution in [0, 0.1) is 5.41 Å². The molecule has 0 radical (unpaired) electrons. The number of nitrogens with one attached hydrogen (secondary N) is 1. The first-order valence-corrected chi connectivity index (χ1v) is 5.42. The van der Waals surface area contributed by atoms with Gasteiger partial charge in [0.2, 0.25) is 5.91 Å². The summed E-state index contributed by atoms with van der Waals surface area (Å²) in [5, 5.41) is 6.95.